The molecule has 0 spiro atoms. The van der Waals surface area contributed by atoms with E-state index in [9.17, 15) is 18.0 Å². The summed E-state index contributed by atoms with van der Waals surface area (Å²) >= 11 is 0. The predicted octanol–water partition coefficient (Wildman–Crippen LogP) is 1.35. The lowest BCUT2D eigenvalue weighted by molar-refractivity contribution is 0.314. The molecule has 0 amide bonds. The molecule has 5 heteroatoms. The minimum Gasteiger partial charge on any atom is -0.430 e. The molecular formula is C6H2F3O2. The Morgan fingerprint density at radius 3 is 2.27 bits per heavy atom. The van der Waals surface area contributed by atoms with Gasteiger partial charge in [-0.1, -0.05) is 0 Å². The molecule has 1 heterocycles. The van der Waals surface area contributed by atoms with E-state index in [1.54, 1.807) is 0 Å². The standard InChI is InChI=1S/C6H2F3O2/c7-4-3(1-2-10)11-6(9)5(4)8/h1H2. The van der Waals surface area contributed by atoms with Crippen LogP contribution in [0.4, 0.5) is 13.2 Å². The number of halogens is 3. The fourth-order valence-electron chi connectivity index (χ4n) is 0.586. The zero-order valence-electron chi connectivity index (χ0n) is 5.16. The molecule has 1 aromatic heterocycles. The van der Waals surface area contributed by atoms with E-state index in [1.165, 1.54) is 6.29 Å². The summed E-state index contributed by atoms with van der Waals surface area (Å²) in [5, 5.41) is 0. The van der Waals surface area contributed by atoms with E-state index in [-0.39, 0.29) is 0 Å². The van der Waals surface area contributed by atoms with Gasteiger partial charge in [0.05, 0.1) is 6.42 Å². The zero-order valence-corrected chi connectivity index (χ0v) is 5.16. The Morgan fingerprint density at radius 1 is 1.27 bits per heavy atom. The molecule has 11 heavy (non-hydrogen) atoms. The third-order valence-corrected chi connectivity index (χ3v) is 1.06. The molecule has 0 aliphatic rings. The van der Waals surface area contributed by atoms with Crippen LogP contribution in [-0.4, -0.2) is 6.29 Å². The van der Waals surface area contributed by atoms with E-state index in [0.29, 0.717) is 0 Å². The first-order chi connectivity index (χ1) is 5.16. The van der Waals surface area contributed by atoms with Crippen molar-refractivity contribution in [1.82, 2.24) is 0 Å². The van der Waals surface area contributed by atoms with Gasteiger partial charge in [-0.2, -0.15) is 13.2 Å². The molecule has 0 bridgehead atoms. The van der Waals surface area contributed by atoms with Gasteiger partial charge >= 0.3 is 6.01 Å². The summed E-state index contributed by atoms with van der Waals surface area (Å²) in [6, 6.07) is -1.65. The molecule has 1 radical (unpaired) electrons. The van der Waals surface area contributed by atoms with Crippen LogP contribution in [0.15, 0.2) is 4.42 Å². The van der Waals surface area contributed by atoms with E-state index in [4.69, 9.17) is 0 Å². The highest BCUT2D eigenvalue weighted by Crippen LogP contribution is 2.17. The van der Waals surface area contributed by atoms with E-state index < -0.39 is 29.8 Å². The van der Waals surface area contributed by atoms with Crippen molar-refractivity contribution in [2.75, 3.05) is 0 Å². The maximum absolute atomic E-state index is 12.3. The maximum atomic E-state index is 12.3. The molecule has 0 N–H and O–H groups in total. The molecule has 0 aliphatic heterocycles. The summed E-state index contributed by atoms with van der Waals surface area (Å²) in [4.78, 5) is 9.65. The van der Waals surface area contributed by atoms with E-state index >= 15 is 0 Å². The van der Waals surface area contributed by atoms with Gasteiger partial charge in [-0.05, 0) is 0 Å². The number of furan rings is 1. The quantitative estimate of drug-likeness (QED) is 0.658. The number of hydrogen-bond donors (Lipinski definition) is 0. The van der Waals surface area contributed by atoms with Crippen molar-refractivity contribution in [3.63, 3.8) is 0 Å². The Hall–Kier alpha value is -1.26. The fourth-order valence-corrected chi connectivity index (χ4v) is 0.586. The van der Waals surface area contributed by atoms with Crippen molar-refractivity contribution < 1.29 is 22.4 Å². The summed E-state index contributed by atoms with van der Waals surface area (Å²) < 4.78 is 40.3. The molecule has 59 valence electrons. The molecule has 0 aromatic carbocycles. The average Bonchev–Trinajstić information content (AvgIpc) is 2.19. The van der Waals surface area contributed by atoms with Gasteiger partial charge in [0, 0.05) is 0 Å². The van der Waals surface area contributed by atoms with Crippen molar-refractivity contribution in [2.45, 2.75) is 6.42 Å². The predicted molar refractivity (Wildman–Crippen MR) is 28.0 cm³/mol. The Bertz CT molecular complexity index is 280. The third-order valence-electron chi connectivity index (χ3n) is 1.06. The molecule has 0 unspecified atom stereocenters. The molecule has 1 rings (SSSR count). The summed E-state index contributed by atoms with van der Waals surface area (Å²) in [5.74, 6) is -3.84. The topological polar surface area (TPSA) is 30.2 Å². The molecule has 0 fully saturated rings. The largest absolute Gasteiger partial charge is 0.430 e. The molecular weight excluding hydrogens is 161 g/mol. The minimum atomic E-state index is -1.70. The smallest absolute Gasteiger partial charge is 0.317 e. The van der Waals surface area contributed by atoms with Crippen LogP contribution in [0.3, 0.4) is 0 Å². The molecule has 0 saturated heterocycles. The SMILES string of the molecule is O=[C]Cc1oc(F)c(F)c1F. The van der Waals surface area contributed by atoms with Crippen molar-refractivity contribution in [1.29, 1.82) is 0 Å². The lowest BCUT2D eigenvalue weighted by Gasteiger charge is -1.82. The molecule has 0 aliphatic carbocycles. The Kier molecular flexibility index (Phi) is 1.98. The van der Waals surface area contributed by atoms with Crippen molar-refractivity contribution in [3.05, 3.63) is 23.4 Å². The number of rotatable bonds is 2. The Labute approximate surface area is 59.6 Å². The van der Waals surface area contributed by atoms with Crippen LogP contribution >= 0.6 is 0 Å². The van der Waals surface area contributed by atoms with E-state index in [1.807, 2.05) is 0 Å². The highest BCUT2D eigenvalue weighted by atomic mass is 19.2. The van der Waals surface area contributed by atoms with Crippen LogP contribution < -0.4 is 0 Å². The number of carbonyl (C=O) groups excluding carboxylic acids is 1. The van der Waals surface area contributed by atoms with Crippen LogP contribution in [0.1, 0.15) is 5.76 Å². The van der Waals surface area contributed by atoms with Gasteiger partial charge in [0.15, 0.2) is 5.76 Å². The second-order valence-electron chi connectivity index (χ2n) is 1.75. The summed E-state index contributed by atoms with van der Waals surface area (Å²) in [6.45, 7) is 0. The van der Waals surface area contributed by atoms with Crippen molar-refractivity contribution >= 4 is 6.29 Å². The first-order valence-electron chi connectivity index (χ1n) is 2.64. The molecule has 2 nitrogen and oxygen atoms in total. The van der Waals surface area contributed by atoms with Crippen LogP contribution in [0.25, 0.3) is 0 Å². The summed E-state index contributed by atoms with van der Waals surface area (Å²) in [6.07, 6.45) is 0.658. The van der Waals surface area contributed by atoms with Crippen LogP contribution in [0, 0.1) is 17.6 Å². The van der Waals surface area contributed by atoms with Crippen LogP contribution in [0.2, 0.25) is 0 Å². The minimum absolute atomic E-state index is 0.591. The van der Waals surface area contributed by atoms with Gasteiger partial charge in [0.25, 0.3) is 0 Å². The van der Waals surface area contributed by atoms with Gasteiger partial charge < -0.3 is 4.42 Å². The van der Waals surface area contributed by atoms with Crippen molar-refractivity contribution in [2.24, 2.45) is 0 Å². The fraction of sp³-hybridized carbons (Fsp3) is 0.167. The monoisotopic (exact) mass is 163 g/mol. The van der Waals surface area contributed by atoms with Crippen molar-refractivity contribution in [3.8, 4) is 0 Å². The summed E-state index contributed by atoms with van der Waals surface area (Å²) in [5.41, 5.74) is 0. The van der Waals surface area contributed by atoms with Crippen LogP contribution in [-0.2, 0) is 11.2 Å². The lowest BCUT2D eigenvalue weighted by atomic mass is 10.3. The van der Waals surface area contributed by atoms with E-state index in [0.717, 1.165) is 0 Å². The maximum Gasteiger partial charge on any atom is 0.317 e. The Morgan fingerprint density at radius 2 is 1.91 bits per heavy atom. The van der Waals surface area contributed by atoms with Gasteiger partial charge in [-0.3, -0.25) is 4.79 Å². The zero-order chi connectivity index (χ0) is 8.43. The normalized spacial score (nSPS) is 10.1. The van der Waals surface area contributed by atoms with Gasteiger partial charge in [-0.15, -0.1) is 0 Å². The molecule has 1 aromatic rings. The van der Waals surface area contributed by atoms with E-state index in [2.05, 4.69) is 4.42 Å². The molecule has 0 atom stereocenters. The third kappa shape index (κ3) is 1.26. The molecule has 0 saturated carbocycles. The first-order valence-corrected chi connectivity index (χ1v) is 2.64. The van der Waals surface area contributed by atoms with Gasteiger partial charge in [0.1, 0.15) is 0 Å². The average molecular weight is 163 g/mol. The number of hydrogen-bond acceptors (Lipinski definition) is 2. The first kappa shape index (κ1) is 7.84. The Balaban J connectivity index is 3.07. The second kappa shape index (κ2) is 2.77. The van der Waals surface area contributed by atoms with Gasteiger partial charge in [-0.25, -0.2) is 0 Å². The highest BCUT2D eigenvalue weighted by Gasteiger charge is 2.19. The second-order valence-corrected chi connectivity index (χ2v) is 1.75. The highest BCUT2D eigenvalue weighted by molar-refractivity contribution is 5.54. The van der Waals surface area contributed by atoms with Gasteiger partial charge in [0.2, 0.25) is 17.9 Å². The van der Waals surface area contributed by atoms with Crippen LogP contribution in [0.5, 0.6) is 0 Å². The summed E-state index contributed by atoms with van der Waals surface area (Å²) in [7, 11) is 0. The lowest BCUT2D eigenvalue weighted by Crippen LogP contribution is -1.86.